The molecule has 1 aliphatic rings. The highest BCUT2D eigenvalue weighted by Crippen LogP contribution is 2.35. The van der Waals surface area contributed by atoms with Gasteiger partial charge in [0.25, 0.3) is 0 Å². The van der Waals surface area contributed by atoms with Gasteiger partial charge in [0.05, 0.1) is 13.2 Å². The van der Waals surface area contributed by atoms with E-state index in [4.69, 9.17) is 0 Å². The first-order valence-electron chi connectivity index (χ1n) is 11.1. The first-order chi connectivity index (χ1) is 16.8. The van der Waals surface area contributed by atoms with Gasteiger partial charge in [-0.05, 0) is 32.0 Å². The maximum Gasteiger partial charge on any atom is 0.421 e. The van der Waals surface area contributed by atoms with Gasteiger partial charge in [-0.25, -0.2) is 26.3 Å². The smallest absolute Gasteiger partial charge is 0.421 e. The molecule has 11 heteroatoms. The number of benzene rings is 3. The molecule has 3 aromatic carbocycles. The molecule has 0 N–H and O–H groups in total. The van der Waals surface area contributed by atoms with Crippen molar-refractivity contribution in [2.75, 3.05) is 13.2 Å². The van der Waals surface area contributed by atoms with Crippen LogP contribution in [-0.4, -0.2) is 19.6 Å². The van der Waals surface area contributed by atoms with Gasteiger partial charge in [0.1, 0.15) is 40.5 Å². The van der Waals surface area contributed by atoms with Crippen molar-refractivity contribution in [2.24, 2.45) is 0 Å². The summed E-state index contributed by atoms with van der Waals surface area (Å²) in [6, 6.07) is 4.54. The first kappa shape index (κ1) is 26.1. The van der Waals surface area contributed by atoms with Gasteiger partial charge in [0.2, 0.25) is 0 Å². The second-order valence-electron chi connectivity index (χ2n) is 8.91. The van der Waals surface area contributed by atoms with Crippen LogP contribution in [0.5, 0.6) is 0 Å². The minimum atomic E-state index is -5.48. The normalized spacial score (nSPS) is 15.1. The van der Waals surface area contributed by atoms with Crippen LogP contribution in [0, 0.1) is 48.8 Å². The van der Waals surface area contributed by atoms with Crippen LogP contribution in [0.2, 0.25) is 0 Å². The summed E-state index contributed by atoms with van der Waals surface area (Å²) in [6.07, 6.45) is -8.15. The minimum absolute atomic E-state index is 0.00386. The highest BCUT2D eigenvalue weighted by atomic mass is 19.4. The third kappa shape index (κ3) is 3.88. The summed E-state index contributed by atoms with van der Waals surface area (Å²) in [5.41, 5.74) is -5.21. The van der Waals surface area contributed by atoms with Gasteiger partial charge < -0.3 is 4.28 Å². The van der Waals surface area contributed by atoms with Crippen molar-refractivity contribution in [3.05, 3.63) is 88.0 Å². The van der Waals surface area contributed by atoms with E-state index in [-0.39, 0.29) is 13.2 Å². The summed E-state index contributed by atoms with van der Waals surface area (Å²) in [5.74, 6) is -8.44. The Labute approximate surface area is 201 Å². The molecule has 0 bridgehead atoms. The summed E-state index contributed by atoms with van der Waals surface area (Å²) in [7, 11) is 0. The fourth-order valence-electron chi connectivity index (χ4n) is 5.21. The van der Waals surface area contributed by atoms with Gasteiger partial charge in [0.15, 0.2) is 0 Å². The molecule has 0 aromatic heterocycles. The largest absolute Gasteiger partial charge is 0.660 e. The van der Waals surface area contributed by atoms with E-state index >= 15 is 13.2 Å². The highest BCUT2D eigenvalue weighted by Gasteiger charge is 2.53. The van der Waals surface area contributed by atoms with E-state index in [0.717, 1.165) is 38.1 Å². The van der Waals surface area contributed by atoms with Crippen molar-refractivity contribution in [1.29, 1.82) is 0 Å². The van der Waals surface area contributed by atoms with Crippen LogP contribution in [0.3, 0.4) is 0 Å². The molecular formula is C25H20BF9O. The maximum absolute atomic E-state index is 15.8. The van der Waals surface area contributed by atoms with Gasteiger partial charge in [-0.1, -0.05) is 34.6 Å². The average Bonchev–Trinajstić information content (AvgIpc) is 3.34. The van der Waals surface area contributed by atoms with E-state index in [9.17, 15) is 26.3 Å². The van der Waals surface area contributed by atoms with Crippen molar-refractivity contribution in [1.82, 2.24) is 0 Å². The van der Waals surface area contributed by atoms with Gasteiger partial charge in [-0.2, -0.15) is 13.2 Å². The summed E-state index contributed by atoms with van der Waals surface area (Å²) in [4.78, 5) is 0. The van der Waals surface area contributed by atoms with Crippen LogP contribution in [-0.2, 0) is 10.5 Å². The Balaban J connectivity index is 2.26. The molecule has 36 heavy (non-hydrogen) atoms. The third-order valence-corrected chi connectivity index (χ3v) is 6.98. The molecule has 0 saturated carbocycles. The zero-order chi connectivity index (χ0) is 26.6. The second kappa shape index (κ2) is 9.17. The summed E-state index contributed by atoms with van der Waals surface area (Å²) in [5, 5.41) is 0. The van der Waals surface area contributed by atoms with Crippen LogP contribution >= 0.6 is 0 Å². The van der Waals surface area contributed by atoms with E-state index in [1.807, 2.05) is 0 Å². The molecule has 1 aliphatic heterocycles. The minimum Gasteiger partial charge on any atom is -0.660 e. The molecule has 1 heterocycles. The van der Waals surface area contributed by atoms with E-state index < -0.39 is 80.5 Å². The molecule has 3 aromatic rings. The molecule has 1 saturated heterocycles. The predicted octanol–water partition coefficient (Wildman–Crippen LogP) is 5.47. The molecule has 1 fully saturated rings. The Kier molecular flexibility index (Phi) is 6.66. The molecule has 0 aliphatic carbocycles. The van der Waals surface area contributed by atoms with Gasteiger partial charge >= 0.3 is 12.5 Å². The molecule has 0 unspecified atom stereocenters. The molecule has 0 radical (unpaired) electrons. The van der Waals surface area contributed by atoms with Crippen molar-refractivity contribution in [3.63, 3.8) is 0 Å². The molecule has 4 rings (SSSR count). The lowest BCUT2D eigenvalue weighted by molar-refractivity contribution is -0.142. The second-order valence-corrected chi connectivity index (χ2v) is 8.91. The Bertz CT molecular complexity index is 1270. The molecule has 0 amide bonds. The number of hydrogen-bond donors (Lipinski definition) is 0. The van der Waals surface area contributed by atoms with Crippen molar-refractivity contribution in [2.45, 2.75) is 32.9 Å². The van der Waals surface area contributed by atoms with Crippen LogP contribution in [0.4, 0.5) is 39.5 Å². The summed E-state index contributed by atoms with van der Waals surface area (Å²) >= 11 is 0. The van der Waals surface area contributed by atoms with Crippen LogP contribution in [0.1, 0.15) is 29.5 Å². The molecular weight excluding hydrogens is 498 g/mol. The van der Waals surface area contributed by atoms with Crippen LogP contribution in [0.25, 0.3) is 0 Å². The molecule has 192 valence electrons. The van der Waals surface area contributed by atoms with Crippen molar-refractivity contribution < 1.29 is 43.8 Å². The molecule has 0 spiro atoms. The highest BCUT2D eigenvalue weighted by molar-refractivity contribution is 7.07. The van der Waals surface area contributed by atoms with Crippen molar-refractivity contribution in [3.8, 4) is 0 Å². The third-order valence-electron chi connectivity index (χ3n) is 6.98. The summed E-state index contributed by atoms with van der Waals surface area (Å²) in [6.45, 7) is 2.14. The number of halogens is 9. The fourth-order valence-corrected chi connectivity index (χ4v) is 5.21. The zero-order valence-corrected chi connectivity index (χ0v) is 19.2. The van der Waals surface area contributed by atoms with E-state index in [0.29, 0.717) is 25.0 Å². The Hall–Kier alpha value is -2.95. The Morgan fingerprint density at radius 1 is 0.611 bits per heavy atom. The van der Waals surface area contributed by atoms with E-state index in [1.165, 1.54) is 0 Å². The van der Waals surface area contributed by atoms with Gasteiger partial charge in [0, 0.05) is 24.0 Å². The fraction of sp³-hybridized carbons (Fsp3) is 0.280. The lowest BCUT2D eigenvalue weighted by Crippen LogP contribution is -2.76. The molecule has 0 atom stereocenters. The van der Waals surface area contributed by atoms with Gasteiger partial charge in [-0.15, -0.1) is 0 Å². The SMILES string of the molecule is Cc1c(F)ccc([B-](c2ccc(F)c(C)c2F)(c2ccc(F)c(C(F)(F)F)c2F)[O+]2CCCC2)c1F. The first-order valence-corrected chi connectivity index (χ1v) is 11.1. The standard InChI is InChI=1S/C25H20BF9O/c1-13-18(27)8-5-15(22(13)30)26(36-11-3-4-12-36,16-6-9-19(28)14(2)23(16)31)17-7-10-20(29)21(24(17)32)25(33,34)35/h5-10H,3-4,11-12H2,1-2H3. The number of rotatable bonds is 4. The monoisotopic (exact) mass is 518 g/mol. The number of alkyl halides is 3. The average molecular weight is 518 g/mol. The van der Waals surface area contributed by atoms with Crippen molar-refractivity contribution >= 4 is 22.7 Å². The van der Waals surface area contributed by atoms with E-state index in [1.54, 1.807) is 0 Å². The topological polar surface area (TPSA) is 2.70 Å². The number of hydrogen-bond acceptors (Lipinski definition) is 0. The van der Waals surface area contributed by atoms with Crippen LogP contribution < -0.4 is 16.4 Å². The maximum atomic E-state index is 15.8. The lowest BCUT2D eigenvalue weighted by Gasteiger charge is -2.47. The van der Waals surface area contributed by atoms with Crippen LogP contribution in [0.15, 0.2) is 36.4 Å². The quantitative estimate of drug-likeness (QED) is 0.245. The zero-order valence-electron chi connectivity index (χ0n) is 19.2. The van der Waals surface area contributed by atoms with Gasteiger partial charge in [-0.3, -0.25) is 0 Å². The Morgan fingerprint density at radius 3 is 1.42 bits per heavy atom. The predicted molar refractivity (Wildman–Crippen MR) is 118 cm³/mol. The Morgan fingerprint density at radius 2 is 1.00 bits per heavy atom. The van der Waals surface area contributed by atoms with E-state index in [2.05, 4.69) is 4.28 Å². The lowest BCUT2D eigenvalue weighted by atomic mass is 9.27. The molecule has 1 nitrogen and oxygen atoms in total. The summed E-state index contributed by atoms with van der Waals surface area (Å²) < 4.78 is 134.